The first-order chi connectivity index (χ1) is 13.7. The highest BCUT2D eigenvalue weighted by atomic mass is 32.1. The second-order valence-corrected chi connectivity index (χ2v) is 8.19. The van der Waals surface area contributed by atoms with Gasteiger partial charge in [-0.2, -0.15) is 12.6 Å². The molecule has 1 amide bonds. The van der Waals surface area contributed by atoms with E-state index in [1.807, 2.05) is 51.3 Å². The number of carboxylic acid groups (broad SMARTS) is 1. The second-order valence-electron chi connectivity index (χ2n) is 7.82. The normalized spacial score (nSPS) is 13.1. The number of rotatable bonds is 5. The van der Waals surface area contributed by atoms with Gasteiger partial charge >= 0.3 is 5.97 Å². The number of carbonyl (C=O) groups is 2. The van der Waals surface area contributed by atoms with Crippen molar-refractivity contribution in [2.45, 2.75) is 32.4 Å². The lowest BCUT2D eigenvalue weighted by atomic mass is 10.1. The molecule has 0 saturated carbocycles. The van der Waals surface area contributed by atoms with Crippen molar-refractivity contribution < 1.29 is 14.7 Å². The van der Waals surface area contributed by atoms with E-state index in [9.17, 15) is 9.59 Å². The summed E-state index contributed by atoms with van der Waals surface area (Å²) in [6.45, 7) is 6.11. The maximum Gasteiger partial charge on any atom is 0.327 e. The molecule has 0 aliphatic carbocycles. The van der Waals surface area contributed by atoms with Crippen LogP contribution in [0.1, 0.15) is 36.7 Å². The van der Waals surface area contributed by atoms with Gasteiger partial charge in [0.1, 0.15) is 6.04 Å². The summed E-state index contributed by atoms with van der Waals surface area (Å²) < 4.78 is 0. The minimum absolute atomic E-state index is 0.0136. The summed E-state index contributed by atoms with van der Waals surface area (Å²) in [7, 11) is 0. The highest BCUT2D eigenvalue weighted by Crippen LogP contribution is 2.22. The molecule has 1 atom stereocenters. The van der Waals surface area contributed by atoms with Gasteiger partial charge in [0.2, 0.25) is 0 Å². The molecular formula is C22H23N3O3S. The Hall–Kier alpha value is -2.93. The van der Waals surface area contributed by atoms with Crippen LogP contribution in [0.25, 0.3) is 21.8 Å². The number of nitrogens with one attached hydrogen (secondary N) is 1. The number of carboxylic acids is 1. The van der Waals surface area contributed by atoms with Gasteiger partial charge in [0.05, 0.1) is 16.6 Å². The van der Waals surface area contributed by atoms with E-state index in [-0.39, 0.29) is 11.3 Å². The van der Waals surface area contributed by atoms with E-state index in [0.717, 1.165) is 27.4 Å². The van der Waals surface area contributed by atoms with Gasteiger partial charge in [0, 0.05) is 28.3 Å². The summed E-state index contributed by atoms with van der Waals surface area (Å²) in [5, 5.41) is 13.3. The fourth-order valence-corrected chi connectivity index (χ4v) is 3.02. The first kappa shape index (κ1) is 20.8. The zero-order valence-corrected chi connectivity index (χ0v) is 17.4. The van der Waals surface area contributed by atoms with Gasteiger partial charge in [-0.1, -0.05) is 6.07 Å². The van der Waals surface area contributed by atoms with Crippen molar-refractivity contribution in [1.82, 2.24) is 10.3 Å². The van der Waals surface area contributed by atoms with Crippen molar-refractivity contribution in [2.24, 2.45) is 4.99 Å². The fourth-order valence-electron chi connectivity index (χ4n) is 2.78. The molecule has 1 aromatic heterocycles. The lowest BCUT2D eigenvalue weighted by molar-refractivity contribution is -0.138. The van der Waals surface area contributed by atoms with Crippen molar-refractivity contribution >= 4 is 52.5 Å². The average Bonchev–Trinajstić information content (AvgIpc) is 2.67. The zero-order valence-electron chi connectivity index (χ0n) is 16.5. The van der Waals surface area contributed by atoms with E-state index >= 15 is 0 Å². The highest BCUT2D eigenvalue weighted by Gasteiger charge is 2.19. The van der Waals surface area contributed by atoms with Gasteiger partial charge in [-0.05, 0) is 62.7 Å². The summed E-state index contributed by atoms with van der Waals surface area (Å²) in [6, 6.07) is 12.0. The van der Waals surface area contributed by atoms with Crippen molar-refractivity contribution in [1.29, 1.82) is 0 Å². The molecule has 0 saturated heterocycles. The quantitative estimate of drug-likeness (QED) is 0.340. The van der Waals surface area contributed by atoms with Crippen molar-refractivity contribution in [3.63, 3.8) is 0 Å². The van der Waals surface area contributed by atoms with Crippen LogP contribution in [-0.2, 0) is 4.79 Å². The third-order valence-electron chi connectivity index (χ3n) is 4.28. The third kappa shape index (κ3) is 5.12. The Morgan fingerprint density at radius 3 is 2.41 bits per heavy atom. The van der Waals surface area contributed by atoms with Crippen molar-refractivity contribution in [3.8, 4) is 0 Å². The van der Waals surface area contributed by atoms with Crippen LogP contribution in [-0.4, -0.2) is 45.5 Å². The molecule has 0 fully saturated rings. The molecule has 29 heavy (non-hydrogen) atoms. The molecule has 0 radical (unpaired) electrons. The average molecular weight is 410 g/mol. The Morgan fingerprint density at radius 2 is 1.79 bits per heavy atom. The van der Waals surface area contributed by atoms with Crippen LogP contribution in [0.2, 0.25) is 0 Å². The fraction of sp³-hybridized carbons (Fsp3) is 0.273. The largest absolute Gasteiger partial charge is 0.480 e. The standard InChI is InChI=1S/C22H23N3O3S/c1-22(2,3)23-11-13-4-6-17-15(8-13)10-16-9-14(5-7-18(16)24-17)20(26)25-19(12-29)21(27)28/h4-11,19,29H,12H2,1-3H3,(H,25,26)(H,27,28). The predicted molar refractivity (Wildman–Crippen MR) is 119 cm³/mol. The van der Waals surface area contributed by atoms with Crippen LogP contribution in [0.4, 0.5) is 0 Å². The Labute approximate surface area is 174 Å². The van der Waals surface area contributed by atoms with E-state index < -0.39 is 17.9 Å². The van der Waals surface area contributed by atoms with E-state index in [1.54, 1.807) is 18.2 Å². The number of fused-ring (bicyclic) bond motifs is 2. The number of carbonyl (C=O) groups excluding carboxylic acids is 1. The first-order valence-corrected chi connectivity index (χ1v) is 9.84. The number of hydrogen-bond acceptors (Lipinski definition) is 5. The maximum atomic E-state index is 12.4. The SMILES string of the molecule is CC(C)(C)N=Cc1ccc2nc3ccc(C(=O)NC(CS)C(=O)O)cc3cc2c1. The molecule has 6 nitrogen and oxygen atoms in total. The number of amides is 1. The Kier molecular flexibility index (Phi) is 5.88. The highest BCUT2D eigenvalue weighted by molar-refractivity contribution is 7.80. The molecule has 2 aromatic carbocycles. The topological polar surface area (TPSA) is 91.7 Å². The number of aliphatic imine (C=N–C) groups is 1. The Bertz CT molecular complexity index is 1120. The van der Waals surface area contributed by atoms with Crippen LogP contribution in [0.5, 0.6) is 0 Å². The number of thiol groups is 1. The number of aliphatic carboxylic acids is 1. The van der Waals surface area contributed by atoms with Crippen LogP contribution in [0, 0.1) is 0 Å². The van der Waals surface area contributed by atoms with Gasteiger partial charge in [0.25, 0.3) is 5.91 Å². The molecule has 7 heteroatoms. The molecule has 3 rings (SSSR count). The molecule has 3 aromatic rings. The molecule has 0 aliphatic heterocycles. The molecule has 150 valence electrons. The third-order valence-corrected chi connectivity index (χ3v) is 4.65. The monoisotopic (exact) mass is 409 g/mol. The summed E-state index contributed by atoms with van der Waals surface area (Å²) in [4.78, 5) is 32.7. The van der Waals surface area contributed by atoms with Gasteiger partial charge in [-0.15, -0.1) is 0 Å². The molecule has 0 aliphatic rings. The summed E-state index contributed by atoms with van der Waals surface area (Å²) in [6.07, 6.45) is 1.84. The van der Waals surface area contributed by atoms with Crippen LogP contribution in [0.15, 0.2) is 47.5 Å². The van der Waals surface area contributed by atoms with Crippen molar-refractivity contribution in [3.05, 3.63) is 53.6 Å². The zero-order chi connectivity index (χ0) is 21.2. The first-order valence-electron chi connectivity index (χ1n) is 9.20. The minimum atomic E-state index is -1.12. The second kappa shape index (κ2) is 8.21. The van der Waals surface area contributed by atoms with Gasteiger partial charge in [0.15, 0.2) is 0 Å². The molecule has 2 N–H and O–H groups in total. The van der Waals surface area contributed by atoms with Crippen LogP contribution in [0.3, 0.4) is 0 Å². The van der Waals surface area contributed by atoms with Gasteiger partial charge in [-0.25, -0.2) is 9.78 Å². The number of benzene rings is 2. The summed E-state index contributed by atoms with van der Waals surface area (Å²) in [5.74, 6) is -1.56. The van der Waals surface area contributed by atoms with Crippen molar-refractivity contribution in [2.75, 3.05) is 5.75 Å². The van der Waals surface area contributed by atoms with Gasteiger partial charge in [-0.3, -0.25) is 9.79 Å². The van der Waals surface area contributed by atoms with E-state index in [2.05, 4.69) is 27.9 Å². The Balaban J connectivity index is 1.96. The number of pyridine rings is 1. The van der Waals surface area contributed by atoms with Gasteiger partial charge < -0.3 is 10.4 Å². The van der Waals surface area contributed by atoms with Crippen LogP contribution >= 0.6 is 12.6 Å². The maximum absolute atomic E-state index is 12.4. The summed E-state index contributed by atoms with van der Waals surface area (Å²) >= 11 is 3.97. The Morgan fingerprint density at radius 1 is 1.14 bits per heavy atom. The molecular weight excluding hydrogens is 386 g/mol. The molecule has 0 bridgehead atoms. The predicted octanol–water partition coefficient (Wildman–Crippen LogP) is 3.72. The minimum Gasteiger partial charge on any atom is -0.480 e. The molecule has 1 unspecified atom stereocenters. The molecule has 1 heterocycles. The summed E-state index contributed by atoms with van der Waals surface area (Å²) in [5.41, 5.74) is 2.80. The smallest absolute Gasteiger partial charge is 0.327 e. The van der Waals surface area contributed by atoms with E-state index in [1.165, 1.54) is 0 Å². The lowest BCUT2D eigenvalue weighted by Crippen LogP contribution is -2.42. The number of aromatic nitrogens is 1. The molecule has 0 spiro atoms. The lowest BCUT2D eigenvalue weighted by Gasteiger charge is -2.12. The number of nitrogens with zero attached hydrogens (tertiary/aromatic N) is 2. The number of hydrogen-bond donors (Lipinski definition) is 3. The van der Waals surface area contributed by atoms with Crippen LogP contribution < -0.4 is 5.32 Å². The van der Waals surface area contributed by atoms with E-state index in [0.29, 0.717) is 5.56 Å². The van der Waals surface area contributed by atoms with E-state index in [4.69, 9.17) is 5.11 Å².